The second-order valence-corrected chi connectivity index (χ2v) is 7.61. The van der Waals surface area contributed by atoms with Crippen molar-refractivity contribution in [3.63, 3.8) is 0 Å². The minimum atomic E-state index is -0.0409. The topological polar surface area (TPSA) is 49.1 Å². The maximum Gasteiger partial charge on any atom is 0.129 e. The van der Waals surface area contributed by atoms with Gasteiger partial charge in [0.1, 0.15) is 23.9 Å². The quantitative estimate of drug-likeness (QED) is 0.733. The van der Waals surface area contributed by atoms with Crippen LogP contribution in [-0.4, -0.2) is 55.2 Å². The maximum atomic E-state index is 9.24. The molecule has 0 bridgehead atoms. The lowest BCUT2D eigenvalue weighted by Gasteiger charge is -2.33. The van der Waals surface area contributed by atoms with E-state index in [0.717, 1.165) is 43.5 Å². The number of benzene rings is 1. The Labute approximate surface area is 162 Å². The van der Waals surface area contributed by atoms with Gasteiger partial charge in [-0.2, -0.15) is 0 Å². The summed E-state index contributed by atoms with van der Waals surface area (Å²) in [6.07, 6.45) is 3.52. The number of aliphatic hydroxyl groups is 1. The van der Waals surface area contributed by atoms with Gasteiger partial charge in [-0.3, -0.25) is 4.90 Å². The number of rotatable bonds is 9. The first-order chi connectivity index (χ1) is 13.2. The third-order valence-electron chi connectivity index (χ3n) is 5.48. The fourth-order valence-corrected chi connectivity index (χ4v) is 3.74. The average molecular weight is 373 g/mol. The van der Waals surface area contributed by atoms with Crippen molar-refractivity contribution in [2.45, 2.75) is 32.4 Å². The van der Waals surface area contributed by atoms with E-state index in [9.17, 15) is 5.11 Å². The van der Waals surface area contributed by atoms with Crippen LogP contribution in [0.15, 0.2) is 40.8 Å². The van der Waals surface area contributed by atoms with Crippen LogP contribution in [0.3, 0.4) is 0 Å². The smallest absolute Gasteiger partial charge is 0.129 e. The second-order valence-electron chi connectivity index (χ2n) is 7.61. The number of ether oxygens (including phenoxy) is 1. The summed E-state index contributed by atoms with van der Waals surface area (Å²) in [5, 5.41) is 9.24. The van der Waals surface area contributed by atoms with E-state index in [0.29, 0.717) is 5.76 Å². The minimum absolute atomic E-state index is 0.0409. The molecule has 0 aliphatic carbocycles. The number of piperidine rings is 1. The lowest BCUT2D eigenvalue weighted by Crippen LogP contribution is -2.37. The van der Waals surface area contributed by atoms with Gasteiger partial charge < -0.3 is 19.2 Å². The highest BCUT2D eigenvalue weighted by Crippen LogP contribution is 2.20. The summed E-state index contributed by atoms with van der Waals surface area (Å²) in [5.74, 6) is 3.21. The first-order valence-electron chi connectivity index (χ1n) is 9.88. The SMILES string of the molecule is COc1ccc(CCN(Cc2ccc(CO)o2)CC2CCN(C)CC2)cc1. The van der Waals surface area contributed by atoms with Gasteiger partial charge in [0.2, 0.25) is 0 Å². The first-order valence-corrected chi connectivity index (χ1v) is 9.88. The zero-order valence-electron chi connectivity index (χ0n) is 16.6. The highest BCUT2D eigenvalue weighted by Gasteiger charge is 2.20. The Hall–Kier alpha value is -1.82. The molecular weight excluding hydrogens is 340 g/mol. The van der Waals surface area contributed by atoms with E-state index >= 15 is 0 Å². The number of hydrogen-bond donors (Lipinski definition) is 1. The van der Waals surface area contributed by atoms with Gasteiger partial charge in [-0.05, 0) is 75.1 Å². The van der Waals surface area contributed by atoms with E-state index in [4.69, 9.17) is 9.15 Å². The normalized spacial score (nSPS) is 16.1. The Morgan fingerprint density at radius 3 is 2.44 bits per heavy atom. The molecule has 0 spiro atoms. The van der Waals surface area contributed by atoms with Crippen LogP contribution in [0.2, 0.25) is 0 Å². The molecule has 0 radical (unpaired) electrons. The van der Waals surface area contributed by atoms with E-state index in [1.165, 1.54) is 31.5 Å². The van der Waals surface area contributed by atoms with E-state index < -0.39 is 0 Å². The van der Waals surface area contributed by atoms with Crippen LogP contribution in [0.25, 0.3) is 0 Å². The first kappa shape index (κ1) is 19.9. The summed E-state index contributed by atoms with van der Waals surface area (Å²) < 4.78 is 11.0. The van der Waals surface area contributed by atoms with Crippen molar-refractivity contribution in [3.8, 4) is 5.75 Å². The predicted molar refractivity (Wildman–Crippen MR) is 107 cm³/mol. The third-order valence-corrected chi connectivity index (χ3v) is 5.48. The van der Waals surface area contributed by atoms with Crippen molar-refractivity contribution in [3.05, 3.63) is 53.5 Å². The highest BCUT2D eigenvalue weighted by molar-refractivity contribution is 5.27. The number of hydrogen-bond acceptors (Lipinski definition) is 5. The highest BCUT2D eigenvalue weighted by atomic mass is 16.5. The molecule has 1 fully saturated rings. The second kappa shape index (κ2) is 9.93. The summed E-state index contributed by atoms with van der Waals surface area (Å²) in [4.78, 5) is 4.92. The van der Waals surface area contributed by atoms with Gasteiger partial charge in [0.05, 0.1) is 13.7 Å². The molecule has 1 N–H and O–H groups in total. The molecule has 27 heavy (non-hydrogen) atoms. The molecule has 0 atom stereocenters. The summed E-state index contributed by atoms with van der Waals surface area (Å²) in [5.41, 5.74) is 1.32. The van der Waals surface area contributed by atoms with Gasteiger partial charge in [-0.15, -0.1) is 0 Å². The molecule has 1 aliphatic heterocycles. The number of furan rings is 1. The van der Waals surface area contributed by atoms with E-state index in [-0.39, 0.29) is 6.61 Å². The zero-order chi connectivity index (χ0) is 19.1. The number of likely N-dealkylation sites (tertiary alicyclic amines) is 1. The van der Waals surface area contributed by atoms with Crippen LogP contribution >= 0.6 is 0 Å². The zero-order valence-corrected chi connectivity index (χ0v) is 16.6. The van der Waals surface area contributed by atoms with Crippen LogP contribution in [0.1, 0.15) is 29.9 Å². The van der Waals surface area contributed by atoms with E-state index in [1.54, 1.807) is 7.11 Å². The fourth-order valence-electron chi connectivity index (χ4n) is 3.74. The molecule has 1 aromatic carbocycles. The molecule has 0 saturated carbocycles. The van der Waals surface area contributed by atoms with E-state index in [2.05, 4.69) is 29.0 Å². The standard InChI is InChI=1S/C22H32N2O3/c1-23-12-9-19(10-13-23)15-24(16-21-7-8-22(17-25)27-21)14-11-18-3-5-20(26-2)6-4-18/h3-8,19,25H,9-17H2,1-2H3. The molecule has 3 rings (SSSR count). The largest absolute Gasteiger partial charge is 0.497 e. The molecule has 2 heterocycles. The molecule has 148 valence electrons. The third kappa shape index (κ3) is 6.09. The van der Waals surface area contributed by atoms with Crippen molar-refractivity contribution in [1.29, 1.82) is 0 Å². The van der Waals surface area contributed by atoms with Crippen molar-refractivity contribution in [1.82, 2.24) is 9.80 Å². The molecule has 0 amide bonds. The maximum absolute atomic E-state index is 9.24. The van der Waals surface area contributed by atoms with Gasteiger partial charge >= 0.3 is 0 Å². The molecule has 0 unspecified atom stereocenters. The number of methoxy groups -OCH3 is 1. The molecule has 2 aromatic rings. The summed E-state index contributed by atoms with van der Waals surface area (Å²) in [6, 6.07) is 12.2. The van der Waals surface area contributed by atoms with Crippen molar-refractivity contribution < 1.29 is 14.3 Å². The summed E-state index contributed by atoms with van der Waals surface area (Å²) in [6.45, 7) is 5.22. The molecule has 1 saturated heterocycles. The van der Waals surface area contributed by atoms with Crippen LogP contribution in [-0.2, 0) is 19.6 Å². The Morgan fingerprint density at radius 2 is 1.81 bits per heavy atom. The minimum Gasteiger partial charge on any atom is -0.497 e. The van der Waals surface area contributed by atoms with Crippen molar-refractivity contribution in [2.75, 3.05) is 40.3 Å². The molecule has 1 aliphatic rings. The number of nitrogens with zero attached hydrogens (tertiary/aromatic N) is 2. The molecular formula is C22H32N2O3. The van der Waals surface area contributed by atoms with Crippen LogP contribution < -0.4 is 4.74 Å². The van der Waals surface area contributed by atoms with E-state index in [1.807, 2.05) is 24.3 Å². The molecule has 5 nitrogen and oxygen atoms in total. The van der Waals surface area contributed by atoms with Gasteiger partial charge in [0.25, 0.3) is 0 Å². The van der Waals surface area contributed by atoms with Gasteiger partial charge in [0.15, 0.2) is 0 Å². The van der Waals surface area contributed by atoms with Crippen LogP contribution in [0.5, 0.6) is 5.75 Å². The Balaban J connectivity index is 1.60. The molecule has 5 heteroatoms. The molecule has 1 aromatic heterocycles. The predicted octanol–water partition coefficient (Wildman–Crippen LogP) is 3.17. The Bertz CT molecular complexity index is 675. The van der Waals surface area contributed by atoms with Gasteiger partial charge in [0, 0.05) is 13.1 Å². The van der Waals surface area contributed by atoms with Crippen LogP contribution in [0, 0.1) is 5.92 Å². The van der Waals surface area contributed by atoms with Crippen molar-refractivity contribution >= 4 is 0 Å². The Morgan fingerprint density at radius 1 is 1.11 bits per heavy atom. The van der Waals surface area contributed by atoms with Gasteiger partial charge in [-0.25, -0.2) is 0 Å². The summed E-state index contributed by atoms with van der Waals surface area (Å²) >= 11 is 0. The van der Waals surface area contributed by atoms with Gasteiger partial charge in [-0.1, -0.05) is 12.1 Å². The lowest BCUT2D eigenvalue weighted by molar-refractivity contribution is 0.149. The number of aliphatic hydroxyl groups excluding tert-OH is 1. The average Bonchev–Trinajstić information content (AvgIpc) is 3.16. The lowest BCUT2D eigenvalue weighted by atomic mass is 9.96. The fraction of sp³-hybridized carbons (Fsp3) is 0.545. The monoisotopic (exact) mass is 372 g/mol. The Kier molecular flexibility index (Phi) is 7.33. The van der Waals surface area contributed by atoms with Crippen LogP contribution in [0.4, 0.5) is 0 Å². The summed E-state index contributed by atoms with van der Waals surface area (Å²) in [7, 11) is 3.90. The van der Waals surface area contributed by atoms with Crippen molar-refractivity contribution in [2.24, 2.45) is 5.92 Å².